The van der Waals surface area contributed by atoms with Gasteiger partial charge in [0, 0.05) is 19.4 Å². The number of aliphatic carboxylic acids is 1. The molecule has 1 aromatic heterocycles. The van der Waals surface area contributed by atoms with Crippen LogP contribution in [0, 0.1) is 6.92 Å². The van der Waals surface area contributed by atoms with E-state index in [1.807, 2.05) is 6.92 Å². The van der Waals surface area contributed by atoms with Crippen LogP contribution in [-0.2, 0) is 11.3 Å². The minimum atomic E-state index is -0.779. The molecule has 0 aliphatic heterocycles. The summed E-state index contributed by atoms with van der Waals surface area (Å²) in [6.45, 7) is 4.15. The molecule has 0 saturated heterocycles. The number of hydrogen-bond donors (Lipinski definition) is 2. The highest BCUT2D eigenvalue weighted by molar-refractivity contribution is 5.66. The van der Waals surface area contributed by atoms with Crippen LogP contribution in [-0.4, -0.2) is 27.3 Å². The highest BCUT2D eigenvalue weighted by atomic mass is 16.5. The van der Waals surface area contributed by atoms with Crippen LogP contribution in [0.4, 0.5) is 0 Å². The molecule has 0 amide bonds. The normalized spacial score (nSPS) is 12.7. The first-order valence-corrected chi connectivity index (χ1v) is 4.82. The largest absolute Gasteiger partial charge is 0.481 e. The van der Waals surface area contributed by atoms with Crippen molar-refractivity contribution in [1.82, 2.24) is 15.5 Å². The molecule has 1 aromatic rings. The van der Waals surface area contributed by atoms with Crippen LogP contribution in [0.25, 0.3) is 0 Å². The Labute approximate surface area is 87.7 Å². The van der Waals surface area contributed by atoms with Crippen molar-refractivity contribution in [1.29, 1.82) is 0 Å². The zero-order valence-corrected chi connectivity index (χ0v) is 8.86. The summed E-state index contributed by atoms with van der Waals surface area (Å²) < 4.78 is 4.80. The van der Waals surface area contributed by atoms with Crippen LogP contribution in [0.3, 0.4) is 0 Å². The Morgan fingerprint density at radius 3 is 2.93 bits per heavy atom. The average Bonchev–Trinajstić information content (AvgIpc) is 2.58. The van der Waals surface area contributed by atoms with Crippen molar-refractivity contribution in [2.75, 3.05) is 0 Å². The molecule has 0 aliphatic rings. The molecule has 0 saturated carbocycles. The Kier molecular flexibility index (Phi) is 4.23. The van der Waals surface area contributed by atoms with E-state index < -0.39 is 5.97 Å². The summed E-state index contributed by atoms with van der Waals surface area (Å²) in [7, 11) is 0. The van der Waals surface area contributed by atoms with Crippen LogP contribution >= 0.6 is 0 Å². The quantitative estimate of drug-likeness (QED) is 0.723. The van der Waals surface area contributed by atoms with Crippen LogP contribution in [0.15, 0.2) is 4.52 Å². The first-order valence-electron chi connectivity index (χ1n) is 4.82. The van der Waals surface area contributed by atoms with Gasteiger partial charge in [-0.25, -0.2) is 0 Å². The fourth-order valence-electron chi connectivity index (χ4n) is 1.12. The first kappa shape index (κ1) is 11.6. The van der Waals surface area contributed by atoms with E-state index in [1.165, 1.54) is 0 Å². The number of carbonyl (C=O) groups is 1. The zero-order chi connectivity index (χ0) is 11.3. The number of nitrogens with zero attached hydrogens (tertiary/aromatic N) is 2. The van der Waals surface area contributed by atoms with Gasteiger partial charge >= 0.3 is 5.97 Å². The number of nitrogens with one attached hydrogen (secondary N) is 1. The van der Waals surface area contributed by atoms with E-state index in [-0.39, 0.29) is 12.5 Å². The van der Waals surface area contributed by atoms with Crippen molar-refractivity contribution < 1.29 is 14.4 Å². The molecule has 1 atom stereocenters. The number of rotatable bonds is 6. The lowest BCUT2D eigenvalue weighted by atomic mass is 10.2. The predicted octanol–water partition coefficient (Wildman–Crippen LogP) is 0.721. The number of hydrogen-bond acceptors (Lipinski definition) is 5. The summed E-state index contributed by atoms with van der Waals surface area (Å²) in [5.74, 6) is 0.346. The first-order chi connectivity index (χ1) is 7.08. The van der Waals surface area contributed by atoms with Gasteiger partial charge in [0.25, 0.3) is 0 Å². The molecule has 84 valence electrons. The van der Waals surface area contributed by atoms with Gasteiger partial charge in [-0.3, -0.25) is 4.79 Å². The van der Waals surface area contributed by atoms with Crippen molar-refractivity contribution in [2.45, 2.75) is 39.3 Å². The molecule has 6 heteroatoms. The summed E-state index contributed by atoms with van der Waals surface area (Å²) >= 11 is 0. The molecule has 0 fully saturated rings. The van der Waals surface area contributed by atoms with Crippen molar-refractivity contribution >= 4 is 5.97 Å². The van der Waals surface area contributed by atoms with E-state index in [0.717, 1.165) is 0 Å². The van der Waals surface area contributed by atoms with E-state index in [0.29, 0.717) is 24.7 Å². The van der Waals surface area contributed by atoms with Crippen molar-refractivity contribution in [3.8, 4) is 0 Å². The molecule has 0 aliphatic carbocycles. The van der Waals surface area contributed by atoms with E-state index >= 15 is 0 Å². The van der Waals surface area contributed by atoms with Crippen LogP contribution < -0.4 is 5.32 Å². The number of carboxylic acids is 1. The summed E-state index contributed by atoms with van der Waals surface area (Å²) in [5, 5.41) is 15.3. The molecular formula is C9H15N3O3. The Morgan fingerprint density at radius 1 is 1.67 bits per heavy atom. The SMILES string of the molecule is Cc1nc(CNC(C)CCC(=O)O)no1. The Morgan fingerprint density at radius 2 is 2.40 bits per heavy atom. The molecule has 1 rings (SSSR count). The standard InChI is InChI=1S/C9H15N3O3/c1-6(3-4-9(13)14)10-5-8-11-7(2)15-12-8/h6,10H,3-5H2,1-2H3,(H,13,14). The zero-order valence-electron chi connectivity index (χ0n) is 8.86. The van der Waals surface area contributed by atoms with Crippen molar-refractivity contribution in [3.05, 3.63) is 11.7 Å². The predicted molar refractivity (Wildman–Crippen MR) is 52.2 cm³/mol. The fraction of sp³-hybridized carbons (Fsp3) is 0.667. The lowest BCUT2D eigenvalue weighted by Gasteiger charge is -2.10. The molecule has 0 aromatic carbocycles. The minimum Gasteiger partial charge on any atom is -0.481 e. The molecule has 0 bridgehead atoms. The molecule has 6 nitrogen and oxygen atoms in total. The van der Waals surface area contributed by atoms with Gasteiger partial charge in [-0.05, 0) is 13.3 Å². The smallest absolute Gasteiger partial charge is 0.303 e. The summed E-state index contributed by atoms with van der Waals surface area (Å²) in [6, 6.07) is 0.125. The third kappa shape index (κ3) is 4.55. The second kappa shape index (κ2) is 5.45. The fourth-order valence-corrected chi connectivity index (χ4v) is 1.12. The third-order valence-electron chi connectivity index (χ3n) is 1.97. The summed E-state index contributed by atoms with van der Waals surface area (Å²) in [5.41, 5.74) is 0. The molecular weight excluding hydrogens is 198 g/mol. The van der Waals surface area contributed by atoms with E-state index in [9.17, 15) is 4.79 Å². The van der Waals surface area contributed by atoms with Gasteiger partial charge in [-0.2, -0.15) is 4.98 Å². The second-order valence-corrected chi connectivity index (χ2v) is 3.44. The Hall–Kier alpha value is -1.43. The van der Waals surface area contributed by atoms with Crippen molar-refractivity contribution in [3.63, 3.8) is 0 Å². The number of aryl methyl sites for hydroxylation is 1. The van der Waals surface area contributed by atoms with E-state index in [2.05, 4.69) is 15.5 Å². The molecule has 0 radical (unpaired) electrons. The number of aromatic nitrogens is 2. The summed E-state index contributed by atoms with van der Waals surface area (Å²) in [6.07, 6.45) is 0.756. The Bertz CT molecular complexity index is 324. The molecule has 0 spiro atoms. The molecule has 1 heterocycles. The lowest BCUT2D eigenvalue weighted by molar-refractivity contribution is -0.137. The Balaban J connectivity index is 2.22. The van der Waals surface area contributed by atoms with Gasteiger partial charge < -0.3 is 14.9 Å². The topological polar surface area (TPSA) is 88.2 Å². The highest BCUT2D eigenvalue weighted by Gasteiger charge is 2.07. The monoisotopic (exact) mass is 213 g/mol. The summed E-state index contributed by atoms with van der Waals surface area (Å²) in [4.78, 5) is 14.3. The van der Waals surface area contributed by atoms with Crippen LogP contribution in [0.5, 0.6) is 0 Å². The van der Waals surface area contributed by atoms with Gasteiger partial charge in [0.15, 0.2) is 5.82 Å². The second-order valence-electron chi connectivity index (χ2n) is 3.44. The average molecular weight is 213 g/mol. The maximum atomic E-state index is 10.3. The van der Waals surface area contributed by atoms with Crippen molar-refractivity contribution in [2.24, 2.45) is 0 Å². The third-order valence-corrected chi connectivity index (χ3v) is 1.97. The molecule has 15 heavy (non-hydrogen) atoms. The molecule has 1 unspecified atom stereocenters. The van der Waals surface area contributed by atoms with Gasteiger partial charge in [-0.1, -0.05) is 5.16 Å². The maximum absolute atomic E-state index is 10.3. The van der Waals surface area contributed by atoms with Gasteiger partial charge in [0.05, 0.1) is 6.54 Å². The minimum absolute atomic E-state index is 0.125. The van der Waals surface area contributed by atoms with Crippen LogP contribution in [0.1, 0.15) is 31.5 Å². The van der Waals surface area contributed by atoms with Gasteiger partial charge in [0.2, 0.25) is 5.89 Å². The molecule has 2 N–H and O–H groups in total. The van der Waals surface area contributed by atoms with E-state index in [4.69, 9.17) is 9.63 Å². The lowest BCUT2D eigenvalue weighted by Crippen LogP contribution is -2.26. The van der Waals surface area contributed by atoms with Gasteiger partial charge in [0.1, 0.15) is 0 Å². The van der Waals surface area contributed by atoms with E-state index in [1.54, 1.807) is 6.92 Å². The maximum Gasteiger partial charge on any atom is 0.303 e. The number of carboxylic acid groups (broad SMARTS) is 1. The van der Waals surface area contributed by atoms with Crippen LogP contribution in [0.2, 0.25) is 0 Å². The highest BCUT2D eigenvalue weighted by Crippen LogP contribution is 1.99. The van der Waals surface area contributed by atoms with Gasteiger partial charge in [-0.15, -0.1) is 0 Å².